The molecule has 0 aliphatic carbocycles. The fourth-order valence-corrected chi connectivity index (χ4v) is 3.74. The van der Waals surface area contributed by atoms with Crippen molar-refractivity contribution in [3.63, 3.8) is 0 Å². The van der Waals surface area contributed by atoms with Gasteiger partial charge in [-0.3, -0.25) is 4.79 Å². The van der Waals surface area contributed by atoms with Gasteiger partial charge in [-0.25, -0.2) is 0 Å². The molecule has 0 fully saturated rings. The summed E-state index contributed by atoms with van der Waals surface area (Å²) in [4.78, 5) is 13.1. The molecular formula is C26H21F3N2O2. The average molecular weight is 450 g/mol. The molecule has 1 amide bonds. The van der Waals surface area contributed by atoms with Crippen LogP contribution in [-0.2, 0) is 6.18 Å². The number of nitrogens with zero attached hydrogens (tertiary/aromatic N) is 1. The molecule has 0 saturated carbocycles. The second-order valence-electron chi connectivity index (χ2n) is 7.50. The highest BCUT2D eigenvalue weighted by atomic mass is 19.4. The molecule has 4 nitrogen and oxygen atoms in total. The van der Waals surface area contributed by atoms with Crippen molar-refractivity contribution < 1.29 is 22.7 Å². The molecule has 0 radical (unpaired) electrons. The van der Waals surface area contributed by atoms with E-state index in [1.165, 1.54) is 16.7 Å². The zero-order valence-corrected chi connectivity index (χ0v) is 18.0. The van der Waals surface area contributed by atoms with Gasteiger partial charge in [0.1, 0.15) is 5.75 Å². The van der Waals surface area contributed by atoms with Crippen molar-refractivity contribution in [2.45, 2.75) is 20.0 Å². The van der Waals surface area contributed by atoms with E-state index >= 15 is 0 Å². The quantitative estimate of drug-likeness (QED) is 0.351. The minimum atomic E-state index is -4.52. The Labute approximate surface area is 189 Å². The Morgan fingerprint density at radius 3 is 2.24 bits per heavy atom. The van der Waals surface area contributed by atoms with Gasteiger partial charge >= 0.3 is 6.18 Å². The summed E-state index contributed by atoms with van der Waals surface area (Å²) in [6.07, 6.45) is -4.52. The maximum absolute atomic E-state index is 13.6. The van der Waals surface area contributed by atoms with Crippen LogP contribution in [-0.4, -0.2) is 10.5 Å². The molecule has 0 aliphatic rings. The number of para-hydroxylation sites is 4. The minimum Gasteiger partial charge on any atom is -0.455 e. The third-order valence-corrected chi connectivity index (χ3v) is 5.23. The third kappa shape index (κ3) is 4.62. The van der Waals surface area contributed by atoms with Gasteiger partial charge in [0, 0.05) is 11.4 Å². The van der Waals surface area contributed by atoms with Crippen molar-refractivity contribution in [1.29, 1.82) is 0 Å². The Morgan fingerprint density at radius 1 is 0.879 bits per heavy atom. The fourth-order valence-electron chi connectivity index (χ4n) is 3.74. The van der Waals surface area contributed by atoms with Crippen LogP contribution in [0.25, 0.3) is 5.69 Å². The van der Waals surface area contributed by atoms with E-state index in [1.807, 2.05) is 18.2 Å². The number of halogens is 3. The highest BCUT2D eigenvalue weighted by molar-refractivity contribution is 6.06. The minimum absolute atomic E-state index is 0.0214. The molecule has 33 heavy (non-hydrogen) atoms. The van der Waals surface area contributed by atoms with Gasteiger partial charge in [0.2, 0.25) is 0 Å². The number of nitrogens with one attached hydrogen (secondary N) is 1. The van der Waals surface area contributed by atoms with Gasteiger partial charge in [-0.1, -0.05) is 42.5 Å². The molecule has 1 aromatic heterocycles. The first-order chi connectivity index (χ1) is 15.8. The lowest BCUT2D eigenvalue weighted by molar-refractivity contribution is -0.137. The van der Waals surface area contributed by atoms with Crippen LogP contribution < -0.4 is 10.1 Å². The Hall–Kier alpha value is -4.00. The molecule has 4 aromatic rings. The lowest BCUT2D eigenvalue weighted by Crippen LogP contribution is -2.15. The van der Waals surface area contributed by atoms with Gasteiger partial charge in [0.05, 0.1) is 22.5 Å². The summed E-state index contributed by atoms with van der Waals surface area (Å²) in [7, 11) is 0. The standard InChI is InChI=1S/C26H21F3N2O2/c1-17-16-20(18(2)31(17)23-14-8-6-12-21(23)26(27,28)29)25(32)30-22-13-7-9-15-24(22)33-19-10-4-3-5-11-19/h3-16H,1-2H3,(H,30,32). The second kappa shape index (κ2) is 8.86. The van der Waals surface area contributed by atoms with Crippen LogP contribution in [0.5, 0.6) is 11.5 Å². The van der Waals surface area contributed by atoms with Crippen molar-refractivity contribution >= 4 is 11.6 Å². The van der Waals surface area contributed by atoms with Gasteiger partial charge in [-0.2, -0.15) is 13.2 Å². The van der Waals surface area contributed by atoms with E-state index < -0.39 is 17.6 Å². The Balaban J connectivity index is 1.66. The lowest BCUT2D eigenvalue weighted by Gasteiger charge is -2.17. The summed E-state index contributed by atoms with van der Waals surface area (Å²) in [5, 5.41) is 2.83. The number of carbonyl (C=O) groups is 1. The molecule has 0 bridgehead atoms. The van der Waals surface area contributed by atoms with E-state index in [4.69, 9.17) is 4.74 Å². The number of alkyl halides is 3. The lowest BCUT2D eigenvalue weighted by atomic mass is 10.1. The Kier molecular flexibility index (Phi) is 5.96. The first kappa shape index (κ1) is 22.2. The number of hydrogen-bond acceptors (Lipinski definition) is 2. The van der Waals surface area contributed by atoms with Crippen molar-refractivity contribution in [3.05, 3.63) is 107 Å². The molecule has 0 atom stereocenters. The number of rotatable bonds is 5. The van der Waals surface area contributed by atoms with Crippen LogP contribution in [0.1, 0.15) is 27.3 Å². The van der Waals surface area contributed by atoms with Crippen LogP contribution in [0.15, 0.2) is 84.9 Å². The summed E-state index contributed by atoms with van der Waals surface area (Å²) in [6.45, 7) is 3.30. The summed E-state index contributed by atoms with van der Waals surface area (Å²) < 4.78 is 48.0. The SMILES string of the molecule is Cc1cc(C(=O)Nc2ccccc2Oc2ccccc2)c(C)n1-c1ccccc1C(F)(F)F. The normalized spacial score (nSPS) is 11.3. The number of aryl methyl sites for hydroxylation is 1. The molecule has 0 saturated heterocycles. The predicted octanol–water partition coefficient (Wildman–Crippen LogP) is 7.16. The van der Waals surface area contributed by atoms with E-state index in [0.29, 0.717) is 28.6 Å². The molecule has 0 unspecified atom stereocenters. The van der Waals surface area contributed by atoms with Gasteiger partial charge in [0.15, 0.2) is 5.75 Å². The summed E-state index contributed by atoms with van der Waals surface area (Å²) in [5.41, 5.74) is 0.865. The van der Waals surface area contributed by atoms with Crippen LogP contribution in [0.3, 0.4) is 0 Å². The highest BCUT2D eigenvalue weighted by Gasteiger charge is 2.34. The van der Waals surface area contributed by atoms with E-state index in [-0.39, 0.29) is 11.3 Å². The van der Waals surface area contributed by atoms with Gasteiger partial charge in [-0.05, 0) is 56.3 Å². The van der Waals surface area contributed by atoms with Crippen molar-refractivity contribution in [1.82, 2.24) is 4.57 Å². The summed E-state index contributed by atoms with van der Waals surface area (Å²) in [5.74, 6) is 0.623. The summed E-state index contributed by atoms with van der Waals surface area (Å²) in [6, 6.07) is 23.0. The van der Waals surface area contributed by atoms with E-state index in [2.05, 4.69) is 5.32 Å². The summed E-state index contributed by atoms with van der Waals surface area (Å²) >= 11 is 0. The fraction of sp³-hybridized carbons (Fsp3) is 0.115. The molecule has 0 spiro atoms. The number of hydrogen-bond donors (Lipinski definition) is 1. The van der Waals surface area contributed by atoms with Crippen molar-refractivity contribution in [3.8, 4) is 17.2 Å². The monoisotopic (exact) mass is 450 g/mol. The van der Waals surface area contributed by atoms with Gasteiger partial charge < -0.3 is 14.6 Å². The third-order valence-electron chi connectivity index (χ3n) is 5.23. The number of anilines is 1. The molecular weight excluding hydrogens is 429 g/mol. The average Bonchev–Trinajstić information content (AvgIpc) is 3.09. The first-order valence-corrected chi connectivity index (χ1v) is 10.2. The molecule has 0 aliphatic heterocycles. The topological polar surface area (TPSA) is 43.3 Å². The molecule has 4 rings (SSSR count). The molecule has 1 N–H and O–H groups in total. The largest absolute Gasteiger partial charge is 0.455 e. The number of amides is 1. The molecule has 7 heteroatoms. The van der Waals surface area contributed by atoms with Crippen molar-refractivity contribution in [2.24, 2.45) is 0 Å². The zero-order chi connectivity index (χ0) is 23.6. The number of aromatic nitrogens is 1. The number of carbonyl (C=O) groups excluding carboxylic acids is 1. The maximum Gasteiger partial charge on any atom is 0.418 e. The highest BCUT2D eigenvalue weighted by Crippen LogP contribution is 2.36. The zero-order valence-electron chi connectivity index (χ0n) is 18.0. The maximum atomic E-state index is 13.6. The number of ether oxygens (including phenoxy) is 1. The molecule has 3 aromatic carbocycles. The van der Waals surface area contributed by atoms with Crippen LogP contribution in [0, 0.1) is 13.8 Å². The Morgan fingerprint density at radius 2 is 1.52 bits per heavy atom. The molecule has 1 heterocycles. The molecule has 168 valence electrons. The Bertz CT molecular complexity index is 1290. The smallest absolute Gasteiger partial charge is 0.418 e. The van der Waals surface area contributed by atoms with Crippen molar-refractivity contribution in [2.75, 3.05) is 5.32 Å². The predicted molar refractivity (Wildman–Crippen MR) is 121 cm³/mol. The van der Waals surface area contributed by atoms with E-state index in [0.717, 1.165) is 6.07 Å². The van der Waals surface area contributed by atoms with Gasteiger partial charge in [-0.15, -0.1) is 0 Å². The second-order valence-corrected chi connectivity index (χ2v) is 7.50. The number of benzene rings is 3. The van der Waals surface area contributed by atoms with E-state index in [9.17, 15) is 18.0 Å². The van der Waals surface area contributed by atoms with Crippen LogP contribution >= 0.6 is 0 Å². The van der Waals surface area contributed by atoms with Gasteiger partial charge in [0.25, 0.3) is 5.91 Å². The van der Waals surface area contributed by atoms with Crippen LogP contribution in [0.4, 0.5) is 18.9 Å². The van der Waals surface area contributed by atoms with Crippen LogP contribution in [0.2, 0.25) is 0 Å². The first-order valence-electron chi connectivity index (χ1n) is 10.2. The van der Waals surface area contributed by atoms with E-state index in [1.54, 1.807) is 62.4 Å².